The van der Waals surface area contributed by atoms with Crippen LogP contribution in [-0.2, 0) is 11.2 Å². The second kappa shape index (κ2) is 7.49. The van der Waals surface area contributed by atoms with E-state index in [2.05, 4.69) is 5.32 Å². The fourth-order valence-corrected chi connectivity index (χ4v) is 3.70. The SMILES string of the molecule is Cc1cc(C(=O)Nc2ccccc2CC(=O)O)sc1-c1ccc(F)cc1. The number of thiophene rings is 1. The van der Waals surface area contributed by atoms with E-state index >= 15 is 0 Å². The van der Waals surface area contributed by atoms with Gasteiger partial charge in [0.05, 0.1) is 11.3 Å². The minimum atomic E-state index is -0.961. The largest absolute Gasteiger partial charge is 0.481 e. The zero-order valence-corrected chi connectivity index (χ0v) is 14.8. The van der Waals surface area contributed by atoms with Crippen molar-refractivity contribution in [2.45, 2.75) is 13.3 Å². The Morgan fingerprint density at radius 2 is 1.81 bits per heavy atom. The molecule has 0 spiro atoms. The topological polar surface area (TPSA) is 66.4 Å². The van der Waals surface area contributed by atoms with Gasteiger partial charge in [-0.15, -0.1) is 11.3 Å². The molecule has 1 amide bonds. The Labute approximate surface area is 153 Å². The monoisotopic (exact) mass is 369 g/mol. The van der Waals surface area contributed by atoms with Crippen LogP contribution < -0.4 is 5.32 Å². The van der Waals surface area contributed by atoms with Gasteiger partial charge in [0.2, 0.25) is 0 Å². The van der Waals surface area contributed by atoms with Crippen molar-refractivity contribution in [1.29, 1.82) is 0 Å². The molecule has 0 bridgehead atoms. The maximum atomic E-state index is 13.1. The van der Waals surface area contributed by atoms with Crippen molar-refractivity contribution in [3.8, 4) is 10.4 Å². The molecule has 4 nitrogen and oxygen atoms in total. The van der Waals surface area contributed by atoms with Crippen LogP contribution in [-0.4, -0.2) is 17.0 Å². The van der Waals surface area contributed by atoms with Gasteiger partial charge >= 0.3 is 5.97 Å². The quantitative estimate of drug-likeness (QED) is 0.682. The normalized spacial score (nSPS) is 10.5. The first-order chi connectivity index (χ1) is 12.4. The van der Waals surface area contributed by atoms with Gasteiger partial charge in [-0.05, 0) is 47.9 Å². The minimum absolute atomic E-state index is 0.166. The lowest BCUT2D eigenvalue weighted by molar-refractivity contribution is -0.136. The van der Waals surface area contributed by atoms with E-state index in [0.717, 1.165) is 16.0 Å². The number of carbonyl (C=O) groups is 2. The molecule has 1 heterocycles. The molecule has 26 heavy (non-hydrogen) atoms. The van der Waals surface area contributed by atoms with Gasteiger partial charge in [-0.2, -0.15) is 0 Å². The van der Waals surface area contributed by atoms with Crippen LogP contribution in [0.3, 0.4) is 0 Å². The summed E-state index contributed by atoms with van der Waals surface area (Å²) in [5.41, 5.74) is 2.79. The molecule has 3 rings (SSSR count). The van der Waals surface area contributed by atoms with E-state index in [9.17, 15) is 14.0 Å². The van der Waals surface area contributed by atoms with E-state index < -0.39 is 5.97 Å². The summed E-state index contributed by atoms with van der Waals surface area (Å²) in [6.07, 6.45) is -0.166. The van der Waals surface area contributed by atoms with E-state index in [1.165, 1.54) is 23.5 Å². The molecule has 0 unspecified atom stereocenters. The van der Waals surface area contributed by atoms with Crippen LogP contribution in [0.15, 0.2) is 54.6 Å². The predicted octanol–water partition coefficient (Wildman–Crippen LogP) is 4.74. The Balaban J connectivity index is 1.85. The predicted molar refractivity (Wildman–Crippen MR) is 100 cm³/mol. The van der Waals surface area contributed by atoms with E-state index in [1.54, 1.807) is 42.5 Å². The van der Waals surface area contributed by atoms with Crippen LogP contribution >= 0.6 is 11.3 Å². The van der Waals surface area contributed by atoms with E-state index in [0.29, 0.717) is 16.1 Å². The number of hydrogen-bond donors (Lipinski definition) is 2. The van der Waals surface area contributed by atoms with Crippen molar-refractivity contribution in [2.75, 3.05) is 5.32 Å². The molecule has 0 fully saturated rings. The zero-order valence-electron chi connectivity index (χ0n) is 14.0. The number of carboxylic acid groups (broad SMARTS) is 1. The van der Waals surface area contributed by atoms with Crippen molar-refractivity contribution in [2.24, 2.45) is 0 Å². The third-order valence-electron chi connectivity index (χ3n) is 3.86. The summed E-state index contributed by atoms with van der Waals surface area (Å²) < 4.78 is 13.1. The fourth-order valence-electron chi connectivity index (χ4n) is 2.63. The summed E-state index contributed by atoms with van der Waals surface area (Å²) >= 11 is 1.31. The van der Waals surface area contributed by atoms with Crippen LogP contribution in [0.1, 0.15) is 20.8 Å². The van der Waals surface area contributed by atoms with Gasteiger partial charge in [-0.25, -0.2) is 4.39 Å². The number of amides is 1. The summed E-state index contributed by atoms with van der Waals surface area (Å²) in [5, 5.41) is 11.8. The highest BCUT2D eigenvalue weighted by Crippen LogP contribution is 2.33. The van der Waals surface area contributed by atoms with Gasteiger partial charge in [0, 0.05) is 10.6 Å². The highest BCUT2D eigenvalue weighted by atomic mass is 32.1. The number of rotatable bonds is 5. The van der Waals surface area contributed by atoms with Gasteiger partial charge in [-0.1, -0.05) is 30.3 Å². The average molecular weight is 369 g/mol. The average Bonchev–Trinajstić information content (AvgIpc) is 2.99. The second-order valence-electron chi connectivity index (χ2n) is 5.81. The molecule has 0 saturated carbocycles. The van der Waals surface area contributed by atoms with Crippen molar-refractivity contribution in [3.63, 3.8) is 0 Å². The van der Waals surface area contributed by atoms with Gasteiger partial charge in [0.1, 0.15) is 5.82 Å². The molecule has 132 valence electrons. The van der Waals surface area contributed by atoms with E-state index in [4.69, 9.17) is 5.11 Å². The van der Waals surface area contributed by atoms with Crippen molar-refractivity contribution in [1.82, 2.24) is 0 Å². The summed E-state index contributed by atoms with van der Waals surface area (Å²) in [6, 6.07) is 14.7. The lowest BCUT2D eigenvalue weighted by Gasteiger charge is -2.08. The number of aliphatic carboxylic acids is 1. The minimum Gasteiger partial charge on any atom is -0.481 e. The number of hydrogen-bond acceptors (Lipinski definition) is 3. The van der Waals surface area contributed by atoms with Crippen molar-refractivity contribution < 1.29 is 19.1 Å². The molecular formula is C20H16FNO3S. The number of anilines is 1. The smallest absolute Gasteiger partial charge is 0.307 e. The summed E-state index contributed by atoms with van der Waals surface area (Å²) in [5.74, 6) is -1.57. The van der Waals surface area contributed by atoms with Crippen molar-refractivity contribution in [3.05, 3.63) is 76.4 Å². The maximum absolute atomic E-state index is 13.1. The molecular weight excluding hydrogens is 353 g/mol. The Kier molecular flexibility index (Phi) is 5.14. The number of aryl methyl sites for hydroxylation is 1. The van der Waals surface area contributed by atoms with Gasteiger partial charge in [-0.3, -0.25) is 9.59 Å². The van der Waals surface area contributed by atoms with Crippen LogP contribution in [0.25, 0.3) is 10.4 Å². The number of para-hydroxylation sites is 1. The number of benzene rings is 2. The van der Waals surface area contributed by atoms with E-state index in [-0.39, 0.29) is 18.1 Å². The summed E-state index contributed by atoms with van der Waals surface area (Å²) in [4.78, 5) is 25.0. The first-order valence-corrected chi connectivity index (χ1v) is 8.73. The molecule has 0 aliphatic carbocycles. The summed E-state index contributed by atoms with van der Waals surface area (Å²) in [7, 11) is 0. The molecule has 0 atom stereocenters. The molecule has 0 aliphatic rings. The van der Waals surface area contributed by atoms with Gasteiger partial charge < -0.3 is 10.4 Å². The first kappa shape index (κ1) is 17.8. The Hall–Kier alpha value is -2.99. The standard InChI is InChI=1S/C20H16FNO3S/c1-12-10-17(26-19(12)13-6-8-15(21)9-7-13)20(25)22-16-5-3-2-4-14(16)11-18(23)24/h2-10H,11H2,1H3,(H,22,25)(H,23,24). The molecule has 1 aromatic heterocycles. The Morgan fingerprint density at radius 1 is 1.12 bits per heavy atom. The van der Waals surface area contributed by atoms with Crippen molar-refractivity contribution >= 4 is 28.9 Å². The highest BCUT2D eigenvalue weighted by molar-refractivity contribution is 7.17. The number of nitrogens with one attached hydrogen (secondary N) is 1. The number of carbonyl (C=O) groups excluding carboxylic acids is 1. The van der Waals surface area contributed by atoms with Gasteiger partial charge in [0.25, 0.3) is 5.91 Å². The third kappa shape index (κ3) is 3.97. The zero-order chi connectivity index (χ0) is 18.7. The fraction of sp³-hybridized carbons (Fsp3) is 0.100. The Morgan fingerprint density at radius 3 is 2.50 bits per heavy atom. The lowest BCUT2D eigenvalue weighted by Crippen LogP contribution is -2.13. The lowest BCUT2D eigenvalue weighted by atomic mass is 10.1. The number of halogens is 1. The molecule has 3 aromatic rings. The van der Waals surface area contributed by atoms with Crippen LogP contribution in [0.2, 0.25) is 0 Å². The summed E-state index contributed by atoms with van der Waals surface area (Å²) in [6.45, 7) is 1.89. The number of carboxylic acids is 1. The molecule has 2 aromatic carbocycles. The first-order valence-electron chi connectivity index (χ1n) is 7.91. The molecule has 0 saturated heterocycles. The molecule has 0 radical (unpaired) electrons. The van der Waals surface area contributed by atoms with Gasteiger partial charge in [0.15, 0.2) is 0 Å². The Bertz CT molecular complexity index is 963. The third-order valence-corrected chi connectivity index (χ3v) is 5.14. The highest BCUT2D eigenvalue weighted by Gasteiger charge is 2.16. The molecule has 2 N–H and O–H groups in total. The van der Waals surface area contributed by atoms with Crippen LogP contribution in [0, 0.1) is 12.7 Å². The molecule has 6 heteroatoms. The molecule has 0 aliphatic heterocycles. The van der Waals surface area contributed by atoms with Crippen LogP contribution in [0.5, 0.6) is 0 Å². The maximum Gasteiger partial charge on any atom is 0.307 e. The second-order valence-corrected chi connectivity index (χ2v) is 6.86. The van der Waals surface area contributed by atoms with Crippen LogP contribution in [0.4, 0.5) is 10.1 Å². The van der Waals surface area contributed by atoms with E-state index in [1.807, 2.05) is 6.92 Å².